The van der Waals surface area contributed by atoms with Crippen molar-refractivity contribution in [2.24, 2.45) is 0 Å². The standard InChI is InChI=1S/C23H29ClN6O2S.C22H27ClN6O2S.C21H27ClN4O3S.C20H25ClN4O3S/c1-14-19(9-11-31)33-23(27-14)22(17-4-2-3-10-25-17)28-21(32)13-26-20-12-18(29-30-20)15-5-7-16(24)8-6-15;1-13-18(12-30)32-22(26-13)21(16-4-2-3-9-24-16)27-20(31)11-25-19-10-17(28-29-19)14-5-7-15(23)8-6-14;1-12-18(7-9-27)30-21(24-12)19(15-4-2-3-8-23-15)26-20(28)16-11-29-17-10-13(22)5-6-14(17)25-16;1-11-17(9-26)29-20(23-11)18(14-4-2-3-7-22-14)25-19(27)15-10-28-16-8-12(21)5-6-13(16)24-15/h5-8,12,17,22,25,31H,2-4,9-11,13H2,1H3,(H,28,32)(H2,26,29,30);5-8,10,16,21,24,30H,2-4,9,11-12H2,1H3,(H,27,31)(H2,25,28,29);5-6,10,15-16,19,23,25,27H,2-4,7-9,11H2,1H3,(H,26,28);5-6,8,14-15,18,22,24,26H,2-4,7,9-10H2,1H3,(H,25,27). The Bertz CT molecular complexity index is 5140. The van der Waals surface area contributed by atoms with Crippen LogP contribution in [0.1, 0.15) is 164 Å². The van der Waals surface area contributed by atoms with E-state index in [0.29, 0.717) is 56.1 Å². The van der Waals surface area contributed by atoms with Gasteiger partial charge in [-0.2, -0.15) is 10.2 Å². The number of nitrogens with zero attached hydrogens (tertiary/aromatic N) is 6. The predicted molar refractivity (Wildman–Crippen MR) is 491 cm³/mol. The van der Waals surface area contributed by atoms with Crippen molar-refractivity contribution in [3.05, 3.63) is 179 Å². The van der Waals surface area contributed by atoms with Crippen LogP contribution in [0.25, 0.3) is 22.5 Å². The molecule has 4 amide bonds. The average Bonchev–Trinajstić information content (AvgIpc) is 1.49. The smallest absolute Gasteiger partial charge is 0.246 e. The minimum atomic E-state index is -0.506. The Morgan fingerprint density at radius 1 is 0.427 bits per heavy atom. The molecule has 4 fully saturated rings. The molecular formula is C86H108Cl4N20O10S4. The van der Waals surface area contributed by atoms with Gasteiger partial charge < -0.3 is 93.7 Å². The number of H-pyrrole nitrogens is 2. The fourth-order valence-electron chi connectivity index (χ4n) is 15.5. The quantitative estimate of drug-likeness (QED) is 0.0216. The van der Waals surface area contributed by atoms with Crippen LogP contribution in [0, 0.1) is 27.7 Å². The Morgan fingerprint density at radius 3 is 1.06 bits per heavy atom. The molecule has 12 heterocycles. The molecule has 38 heteroatoms. The van der Waals surface area contributed by atoms with Crippen molar-refractivity contribution >= 4 is 138 Å². The fourth-order valence-corrected chi connectivity index (χ4v) is 20.5. The molecule has 18 N–H and O–H groups in total. The van der Waals surface area contributed by atoms with E-state index < -0.39 is 12.1 Å². The summed E-state index contributed by atoms with van der Waals surface area (Å²) in [6, 6.07) is 27.9. The average molecular weight is 1850 g/mol. The lowest BCUT2D eigenvalue weighted by Gasteiger charge is -2.33. The first-order chi connectivity index (χ1) is 60.2. The van der Waals surface area contributed by atoms with Crippen molar-refractivity contribution in [2.45, 2.75) is 191 Å². The number of ether oxygens (including phenoxy) is 2. The third-order valence-corrected chi connectivity index (χ3v) is 28.2. The molecule has 0 radical (unpaired) electrons. The molecule has 16 rings (SSSR count). The second kappa shape index (κ2) is 45.7. The van der Waals surface area contributed by atoms with E-state index in [2.05, 4.69) is 94.2 Å². The van der Waals surface area contributed by atoms with Crippen molar-refractivity contribution in [1.82, 2.24) is 82.9 Å². The molecule has 10 unspecified atom stereocenters. The monoisotopic (exact) mass is 1850 g/mol. The van der Waals surface area contributed by atoms with Crippen LogP contribution in [-0.4, -0.2) is 186 Å². The van der Waals surface area contributed by atoms with Crippen LogP contribution in [0.15, 0.2) is 97.1 Å². The first kappa shape index (κ1) is 93.0. The van der Waals surface area contributed by atoms with E-state index in [1.165, 1.54) is 22.7 Å². The molecule has 124 heavy (non-hydrogen) atoms. The Hall–Kier alpha value is -8.66. The number of fused-ring (bicyclic) bond motifs is 2. The van der Waals surface area contributed by atoms with Gasteiger partial charge in [-0.1, -0.05) is 96.4 Å². The van der Waals surface area contributed by atoms with Crippen LogP contribution < -0.4 is 73.3 Å². The van der Waals surface area contributed by atoms with E-state index in [0.717, 1.165) is 199 Å². The molecule has 30 nitrogen and oxygen atoms in total. The Kier molecular flexibility index (Phi) is 34.2. The summed E-state index contributed by atoms with van der Waals surface area (Å²) in [4.78, 5) is 74.4. The summed E-state index contributed by atoms with van der Waals surface area (Å²) >= 11 is 30.0. The number of amides is 4. The van der Waals surface area contributed by atoms with E-state index in [9.17, 15) is 39.6 Å². The van der Waals surface area contributed by atoms with Crippen LogP contribution >= 0.6 is 91.8 Å². The lowest BCUT2D eigenvalue weighted by atomic mass is 9.97. The summed E-state index contributed by atoms with van der Waals surface area (Å²) in [6.45, 7) is 12.1. The lowest BCUT2D eigenvalue weighted by molar-refractivity contribution is -0.124. The maximum atomic E-state index is 13.1. The molecule has 6 aliphatic heterocycles. The molecule has 10 atom stereocenters. The number of carbonyl (C=O) groups excluding carboxylic acids is 4. The second-order valence-corrected chi connectivity index (χ2v) is 37.4. The van der Waals surface area contributed by atoms with Crippen molar-refractivity contribution < 1.29 is 49.1 Å². The molecule has 0 spiro atoms. The van der Waals surface area contributed by atoms with Gasteiger partial charge in [0.25, 0.3) is 0 Å². The van der Waals surface area contributed by atoms with Gasteiger partial charge in [-0.15, -0.1) is 45.3 Å². The topological polar surface area (TPSA) is 421 Å². The normalized spacial score (nSPS) is 19.4. The van der Waals surface area contributed by atoms with Crippen LogP contribution in [0.4, 0.5) is 23.0 Å². The Balaban J connectivity index is 0.000000142. The Labute approximate surface area is 756 Å². The summed E-state index contributed by atoms with van der Waals surface area (Å²) in [6.07, 6.45) is 14.1. The summed E-state index contributed by atoms with van der Waals surface area (Å²) in [5, 5.41) is 97.6. The highest BCUT2D eigenvalue weighted by Gasteiger charge is 2.38. The number of aliphatic hydroxyl groups is 4. The largest absolute Gasteiger partial charge is 0.489 e. The number of nitrogens with one attached hydrogen (secondary N) is 14. The van der Waals surface area contributed by atoms with Crippen molar-refractivity contribution in [3.8, 4) is 34.0 Å². The molecule has 0 aliphatic carbocycles. The highest BCUT2D eigenvalue weighted by molar-refractivity contribution is 7.12. The molecule has 0 saturated carbocycles. The maximum Gasteiger partial charge on any atom is 0.246 e. The van der Waals surface area contributed by atoms with Gasteiger partial charge in [0.1, 0.15) is 68.5 Å². The first-order valence-electron chi connectivity index (χ1n) is 42.1. The number of benzene rings is 4. The van der Waals surface area contributed by atoms with Gasteiger partial charge in [0.15, 0.2) is 0 Å². The molecule has 6 aromatic heterocycles. The number of carbonyl (C=O) groups is 4. The van der Waals surface area contributed by atoms with Gasteiger partial charge >= 0.3 is 0 Å². The maximum absolute atomic E-state index is 13.1. The van der Waals surface area contributed by atoms with Gasteiger partial charge in [0.05, 0.1) is 106 Å². The van der Waals surface area contributed by atoms with Gasteiger partial charge in [0.2, 0.25) is 23.6 Å². The molecule has 4 saturated heterocycles. The van der Waals surface area contributed by atoms with Crippen LogP contribution in [0.5, 0.6) is 11.5 Å². The summed E-state index contributed by atoms with van der Waals surface area (Å²) < 4.78 is 11.5. The van der Waals surface area contributed by atoms with Crippen LogP contribution in [0.2, 0.25) is 20.1 Å². The number of aromatic nitrogens is 8. The number of thiazole rings is 4. The molecule has 10 aromatic rings. The number of rotatable bonds is 28. The molecule has 4 aromatic carbocycles. The van der Waals surface area contributed by atoms with Crippen LogP contribution in [-0.2, 0) is 45.2 Å². The summed E-state index contributed by atoms with van der Waals surface area (Å²) in [7, 11) is 0. The first-order valence-corrected chi connectivity index (χ1v) is 46.8. The Morgan fingerprint density at radius 2 is 0.750 bits per heavy atom. The third-order valence-electron chi connectivity index (χ3n) is 22.2. The minimum Gasteiger partial charge on any atom is -0.489 e. The zero-order valence-electron chi connectivity index (χ0n) is 69.5. The van der Waals surface area contributed by atoms with E-state index in [1.54, 1.807) is 46.9 Å². The fraction of sp³-hybridized carbons (Fsp3) is 0.465. The number of hydrogen-bond acceptors (Lipinski definition) is 28. The minimum absolute atomic E-state index is 0.0420. The summed E-state index contributed by atoms with van der Waals surface area (Å²) in [5.41, 5.74) is 8.57. The molecule has 0 bridgehead atoms. The van der Waals surface area contributed by atoms with Crippen LogP contribution in [0.3, 0.4) is 0 Å². The van der Waals surface area contributed by atoms with Crippen molar-refractivity contribution in [1.29, 1.82) is 0 Å². The number of piperidine rings is 4. The number of aryl methyl sites for hydroxylation is 4. The number of halogens is 4. The van der Waals surface area contributed by atoms with Gasteiger partial charge in [-0.25, -0.2) is 19.9 Å². The van der Waals surface area contributed by atoms with E-state index >= 15 is 0 Å². The zero-order chi connectivity index (χ0) is 87.2. The van der Waals surface area contributed by atoms with Crippen molar-refractivity contribution in [3.63, 3.8) is 0 Å². The highest BCUT2D eigenvalue weighted by atomic mass is 35.5. The number of aromatic amines is 2. The predicted octanol–water partition coefficient (Wildman–Crippen LogP) is 12.4. The van der Waals surface area contributed by atoms with Gasteiger partial charge in [-0.05, 0) is 165 Å². The third kappa shape index (κ3) is 25.4. The van der Waals surface area contributed by atoms with E-state index in [-0.39, 0.29) is 125 Å². The van der Waals surface area contributed by atoms with E-state index in [1.807, 2.05) is 100 Å². The molecular weight excluding hydrogens is 1740 g/mol. The second-order valence-electron chi connectivity index (χ2n) is 31.1. The highest BCUT2D eigenvalue weighted by Crippen LogP contribution is 2.38. The number of anilines is 4. The SMILES string of the molecule is Cc1nc(C(NC(=O)C2COc3cc(Cl)ccc3N2)C2CCCCN2)sc1CCO.Cc1nc(C(NC(=O)C2COc3cc(Cl)ccc3N2)C2CCCCN2)sc1CO.Cc1nc(C(NC(=O)CNc2cc(-c3ccc(Cl)cc3)[nH]n2)C2CCCCN2)sc1CCO.Cc1nc(C(NC(=O)CNc2cc(-c3ccc(Cl)cc3)[nH]n2)C2CCCCN2)sc1CO. The van der Waals surface area contributed by atoms with Gasteiger partial charge in [0, 0.05) is 104 Å². The zero-order valence-corrected chi connectivity index (χ0v) is 75.8. The van der Waals surface area contributed by atoms with Crippen molar-refractivity contribution in [2.75, 3.05) is 87.0 Å². The number of hydrogen-bond donors (Lipinski definition) is 18. The number of aliphatic hydroxyl groups excluding tert-OH is 4. The molecule has 664 valence electrons. The van der Waals surface area contributed by atoms with Gasteiger partial charge in [-0.3, -0.25) is 29.4 Å². The molecule has 6 aliphatic rings. The lowest BCUT2D eigenvalue weighted by Crippen LogP contribution is -2.51. The van der Waals surface area contributed by atoms with E-state index in [4.69, 9.17) is 65.8 Å². The summed E-state index contributed by atoms with van der Waals surface area (Å²) in [5.74, 6) is 1.96.